The van der Waals surface area contributed by atoms with Crippen LogP contribution in [0.4, 0.5) is 0 Å². The fourth-order valence-corrected chi connectivity index (χ4v) is 2.96. The summed E-state index contributed by atoms with van der Waals surface area (Å²) in [6.07, 6.45) is 0.281. The van der Waals surface area contributed by atoms with E-state index in [1.165, 1.54) is 6.08 Å². The summed E-state index contributed by atoms with van der Waals surface area (Å²) < 4.78 is 5.82. The van der Waals surface area contributed by atoms with Crippen LogP contribution < -0.4 is 4.74 Å². The molecule has 0 radical (unpaired) electrons. The summed E-state index contributed by atoms with van der Waals surface area (Å²) >= 11 is 12.3. The Bertz CT molecular complexity index is 792. The molecule has 0 amide bonds. The van der Waals surface area contributed by atoms with Crippen molar-refractivity contribution in [3.8, 4) is 5.75 Å². The highest BCUT2D eigenvalue weighted by atomic mass is 35.5. The fraction of sp³-hybridized carbons (Fsp3) is 0.250. The lowest BCUT2D eigenvalue weighted by Crippen LogP contribution is -2.19. The summed E-state index contributed by atoms with van der Waals surface area (Å²) in [4.78, 5) is 10.6. The highest BCUT2D eigenvalue weighted by Crippen LogP contribution is 2.33. The first-order chi connectivity index (χ1) is 12.8. The summed E-state index contributed by atoms with van der Waals surface area (Å²) in [5.41, 5.74) is 1.50. The third-order valence-corrected chi connectivity index (χ3v) is 4.23. The number of aliphatic hydroxyl groups excluding tert-OH is 2. The van der Waals surface area contributed by atoms with Gasteiger partial charge in [-0.25, -0.2) is 0 Å². The van der Waals surface area contributed by atoms with E-state index in [1.807, 2.05) is 30.3 Å². The summed E-state index contributed by atoms with van der Waals surface area (Å²) in [5, 5.41) is 29.0. The van der Waals surface area contributed by atoms with Crippen molar-refractivity contribution in [2.75, 3.05) is 0 Å². The van der Waals surface area contributed by atoms with Crippen LogP contribution in [-0.2, 0) is 11.4 Å². The van der Waals surface area contributed by atoms with Crippen LogP contribution in [-0.4, -0.2) is 33.5 Å². The van der Waals surface area contributed by atoms with Gasteiger partial charge in [-0.3, -0.25) is 4.79 Å². The molecule has 0 spiro atoms. The van der Waals surface area contributed by atoms with Crippen LogP contribution in [0.25, 0.3) is 6.08 Å². The van der Waals surface area contributed by atoms with Gasteiger partial charge in [-0.05, 0) is 17.7 Å². The first kappa shape index (κ1) is 21.3. The lowest BCUT2D eigenvalue weighted by molar-refractivity contribution is -0.139. The molecule has 27 heavy (non-hydrogen) atoms. The van der Waals surface area contributed by atoms with Crippen molar-refractivity contribution in [1.82, 2.24) is 0 Å². The van der Waals surface area contributed by atoms with E-state index >= 15 is 0 Å². The highest BCUT2D eigenvalue weighted by molar-refractivity contribution is 6.35. The average Bonchev–Trinajstić information content (AvgIpc) is 2.59. The molecule has 0 fully saturated rings. The number of aliphatic carboxylic acids is 1. The van der Waals surface area contributed by atoms with Gasteiger partial charge in [-0.15, -0.1) is 0 Å². The van der Waals surface area contributed by atoms with Crippen molar-refractivity contribution < 1.29 is 24.9 Å². The topological polar surface area (TPSA) is 87.0 Å². The Morgan fingerprint density at radius 1 is 1.15 bits per heavy atom. The lowest BCUT2D eigenvalue weighted by atomic mass is 10.1. The zero-order chi connectivity index (χ0) is 19.8. The fourth-order valence-electron chi connectivity index (χ4n) is 2.43. The lowest BCUT2D eigenvalue weighted by Gasteiger charge is -2.13. The van der Waals surface area contributed by atoms with Crippen LogP contribution in [0.1, 0.15) is 24.0 Å². The molecular formula is C20H20Cl2O5. The Morgan fingerprint density at radius 2 is 1.85 bits per heavy atom. The molecule has 0 saturated heterocycles. The zero-order valence-electron chi connectivity index (χ0n) is 14.4. The van der Waals surface area contributed by atoms with E-state index in [2.05, 4.69) is 0 Å². The molecule has 2 aromatic carbocycles. The van der Waals surface area contributed by atoms with Crippen LogP contribution in [0.15, 0.2) is 48.5 Å². The Morgan fingerprint density at radius 3 is 2.52 bits per heavy atom. The second-order valence-corrected chi connectivity index (χ2v) is 6.83. The molecule has 0 heterocycles. The molecule has 0 saturated carbocycles. The van der Waals surface area contributed by atoms with Gasteiger partial charge in [0.05, 0.1) is 23.7 Å². The molecule has 0 aliphatic heterocycles. The quantitative estimate of drug-likeness (QED) is 0.577. The van der Waals surface area contributed by atoms with E-state index in [9.17, 15) is 15.0 Å². The number of halogens is 2. The minimum atomic E-state index is -1.14. The van der Waals surface area contributed by atoms with Gasteiger partial charge < -0.3 is 20.1 Å². The monoisotopic (exact) mass is 410 g/mol. The van der Waals surface area contributed by atoms with Crippen molar-refractivity contribution in [3.63, 3.8) is 0 Å². The maximum Gasteiger partial charge on any atom is 0.305 e. The van der Waals surface area contributed by atoms with E-state index in [0.717, 1.165) is 5.56 Å². The van der Waals surface area contributed by atoms with Crippen molar-refractivity contribution >= 4 is 35.2 Å². The van der Waals surface area contributed by atoms with E-state index in [-0.39, 0.29) is 6.42 Å². The van der Waals surface area contributed by atoms with Crippen molar-refractivity contribution in [2.45, 2.75) is 31.7 Å². The van der Waals surface area contributed by atoms with Crippen LogP contribution in [0.3, 0.4) is 0 Å². The smallest absolute Gasteiger partial charge is 0.305 e. The molecule has 2 aromatic rings. The largest absolute Gasteiger partial charge is 0.488 e. The van der Waals surface area contributed by atoms with Gasteiger partial charge in [-0.2, -0.15) is 0 Å². The third-order valence-electron chi connectivity index (χ3n) is 3.70. The molecule has 2 unspecified atom stereocenters. The second-order valence-electron chi connectivity index (χ2n) is 5.99. The first-order valence-electron chi connectivity index (χ1n) is 8.27. The van der Waals surface area contributed by atoms with E-state index in [0.29, 0.717) is 28.0 Å². The van der Waals surface area contributed by atoms with Crippen LogP contribution in [0.5, 0.6) is 5.75 Å². The molecule has 7 heteroatoms. The minimum absolute atomic E-state index is 0.103. The van der Waals surface area contributed by atoms with Crippen molar-refractivity contribution in [3.05, 3.63) is 69.7 Å². The van der Waals surface area contributed by atoms with Gasteiger partial charge in [0.25, 0.3) is 0 Å². The van der Waals surface area contributed by atoms with Gasteiger partial charge in [-0.1, -0.05) is 65.7 Å². The van der Waals surface area contributed by atoms with Crippen LogP contribution >= 0.6 is 23.2 Å². The molecule has 144 valence electrons. The second kappa shape index (κ2) is 10.3. The number of carboxylic acids is 1. The van der Waals surface area contributed by atoms with Gasteiger partial charge in [0, 0.05) is 17.0 Å². The molecule has 2 atom stereocenters. The number of aliphatic hydroxyl groups is 2. The maximum absolute atomic E-state index is 10.6. The number of ether oxygens (including phenoxy) is 1. The maximum atomic E-state index is 10.6. The van der Waals surface area contributed by atoms with Gasteiger partial charge in [0.15, 0.2) is 0 Å². The molecule has 0 aromatic heterocycles. The average molecular weight is 411 g/mol. The first-order valence-corrected chi connectivity index (χ1v) is 9.02. The van der Waals surface area contributed by atoms with E-state index in [1.54, 1.807) is 18.2 Å². The molecule has 2 rings (SSSR count). The molecule has 5 nitrogen and oxygen atoms in total. The summed E-state index contributed by atoms with van der Waals surface area (Å²) in [5.74, 6) is -0.679. The predicted octanol–water partition coefficient (Wildman–Crippen LogP) is 4.17. The highest BCUT2D eigenvalue weighted by Gasteiger charge is 2.14. The Labute approximate surface area is 167 Å². The molecule has 0 bridgehead atoms. The number of hydrogen-bond acceptors (Lipinski definition) is 4. The number of rotatable bonds is 9. The summed E-state index contributed by atoms with van der Waals surface area (Å²) in [7, 11) is 0. The van der Waals surface area contributed by atoms with Gasteiger partial charge in [0.1, 0.15) is 12.4 Å². The minimum Gasteiger partial charge on any atom is -0.488 e. The molecule has 0 aliphatic carbocycles. The Kier molecular flexibility index (Phi) is 8.13. The van der Waals surface area contributed by atoms with Crippen molar-refractivity contribution in [1.29, 1.82) is 0 Å². The number of benzene rings is 2. The number of carboxylic acid groups (broad SMARTS) is 1. The number of hydrogen-bond donors (Lipinski definition) is 3. The van der Waals surface area contributed by atoms with Crippen LogP contribution in [0.2, 0.25) is 10.0 Å². The zero-order valence-corrected chi connectivity index (χ0v) is 15.9. The van der Waals surface area contributed by atoms with E-state index in [4.69, 9.17) is 33.0 Å². The molecule has 0 aliphatic rings. The van der Waals surface area contributed by atoms with Gasteiger partial charge in [0.2, 0.25) is 0 Å². The van der Waals surface area contributed by atoms with Crippen molar-refractivity contribution in [2.24, 2.45) is 0 Å². The van der Waals surface area contributed by atoms with Gasteiger partial charge >= 0.3 is 5.97 Å². The Balaban J connectivity index is 2.11. The SMILES string of the molecule is O=C(O)CC(O)CC(O)/C=C/c1c(Cl)cc(Cl)cc1OCc1ccccc1. The molecule has 3 N–H and O–H groups in total. The summed E-state index contributed by atoms with van der Waals surface area (Å²) in [6.45, 7) is 0.318. The normalized spacial score (nSPS) is 13.5. The van der Waals surface area contributed by atoms with E-state index < -0.39 is 24.6 Å². The standard InChI is InChI=1S/C20H20Cl2O5/c21-14-8-18(22)17(7-6-15(23)10-16(24)11-20(25)26)19(9-14)27-12-13-4-2-1-3-5-13/h1-9,15-16,23-24H,10-12H2,(H,25,26)/b7-6+. The number of carbonyl (C=O) groups is 1. The third kappa shape index (κ3) is 7.23. The van der Waals surface area contributed by atoms with Crippen LogP contribution in [0, 0.1) is 0 Å². The Hall–Kier alpha value is -2.05. The molecular weight excluding hydrogens is 391 g/mol. The summed E-state index contributed by atoms with van der Waals surface area (Å²) in [6, 6.07) is 12.8. The predicted molar refractivity (Wildman–Crippen MR) is 105 cm³/mol.